The topological polar surface area (TPSA) is 41.5 Å². The Morgan fingerprint density at radius 2 is 2.29 bits per heavy atom. The van der Waals surface area contributed by atoms with E-state index in [1.54, 1.807) is 6.07 Å². The lowest BCUT2D eigenvalue weighted by Crippen LogP contribution is -2.24. The second-order valence-electron chi connectivity index (χ2n) is 4.04. The van der Waals surface area contributed by atoms with E-state index in [-0.39, 0.29) is 5.75 Å². The van der Waals surface area contributed by atoms with Gasteiger partial charge in [0.15, 0.2) is 11.5 Å². The molecule has 1 aromatic carbocycles. The second-order valence-corrected chi connectivity index (χ2v) is 4.04. The first-order chi connectivity index (χ1) is 8.17. The second kappa shape index (κ2) is 6.97. The zero-order valence-electron chi connectivity index (χ0n) is 10.6. The van der Waals surface area contributed by atoms with Gasteiger partial charge in [0.1, 0.15) is 0 Å². The normalized spacial score (nSPS) is 12.1. The number of ether oxygens (including phenoxy) is 1. The van der Waals surface area contributed by atoms with E-state index in [0.29, 0.717) is 18.4 Å². The Hall–Kier alpha value is -1.48. The first-order valence-corrected chi connectivity index (χ1v) is 5.96. The highest BCUT2D eigenvalue weighted by Crippen LogP contribution is 2.26. The van der Waals surface area contributed by atoms with Crippen molar-refractivity contribution >= 4 is 0 Å². The van der Waals surface area contributed by atoms with E-state index < -0.39 is 0 Å². The lowest BCUT2D eigenvalue weighted by molar-refractivity contribution is 0.317. The fourth-order valence-electron chi connectivity index (χ4n) is 1.57. The molecule has 0 amide bonds. The molecule has 0 aliphatic rings. The fraction of sp³-hybridized carbons (Fsp3) is 0.429. The summed E-state index contributed by atoms with van der Waals surface area (Å²) in [6.45, 7) is 9.04. The summed E-state index contributed by atoms with van der Waals surface area (Å²) in [5, 5.41) is 12.9. The van der Waals surface area contributed by atoms with Gasteiger partial charge in [0.05, 0.1) is 6.61 Å². The summed E-state index contributed by atoms with van der Waals surface area (Å²) in [6.07, 6.45) is 2.84. The van der Waals surface area contributed by atoms with E-state index in [4.69, 9.17) is 4.74 Å². The van der Waals surface area contributed by atoms with Crippen molar-refractivity contribution in [3.8, 4) is 11.5 Å². The predicted molar refractivity (Wildman–Crippen MR) is 70.4 cm³/mol. The first-order valence-electron chi connectivity index (χ1n) is 5.96. The Morgan fingerprint density at radius 3 is 2.94 bits per heavy atom. The Labute approximate surface area is 103 Å². The van der Waals surface area contributed by atoms with E-state index in [1.807, 2.05) is 25.1 Å². The molecule has 3 heteroatoms. The largest absolute Gasteiger partial charge is 0.504 e. The van der Waals surface area contributed by atoms with Crippen LogP contribution < -0.4 is 10.1 Å². The van der Waals surface area contributed by atoms with Crippen LogP contribution in [0.5, 0.6) is 11.5 Å². The van der Waals surface area contributed by atoms with E-state index in [0.717, 1.165) is 18.5 Å². The molecule has 0 saturated heterocycles. The smallest absolute Gasteiger partial charge is 0.161 e. The molecule has 3 nitrogen and oxygen atoms in total. The van der Waals surface area contributed by atoms with Crippen molar-refractivity contribution in [2.45, 2.75) is 32.9 Å². The van der Waals surface area contributed by atoms with Crippen LogP contribution in [-0.2, 0) is 6.54 Å². The molecule has 0 aromatic heterocycles. The van der Waals surface area contributed by atoms with Crippen LogP contribution in [-0.4, -0.2) is 17.8 Å². The minimum Gasteiger partial charge on any atom is -0.504 e. The van der Waals surface area contributed by atoms with Gasteiger partial charge in [-0.1, -0.05) is 12.1 Å². The third-order valence-electron chi connectivity index (χ3n) is 2.50. The molecule has 17 heavy (non-hydrogen) atoms. The van der Waals surface area contributed by atoms with Crippen LogP contribution in [0, 0.1) is 0 Å². The molecule has 0 saturated carbocycles. The highest BCUT2D eigenvalue weighted by molar-refractivity contribution is 5.41. The fourth-order valence-corrected chi connectivity index (χ4v) is 1.57. The number of rotatable bonds is 7. The van der Waals surface area contributed by atoms with Crippen LogP contribution in [0.15, 0.2) is 30.9 Å². The molecule has 2 N–H and O–H groups in total. The van der Waals surface area contributed by atoms with Gasteiger partial charge < -0.3 is 15.2 Å². The van der Waals surface area contributed by atoms with Crippen molar-refractivity contribution in [2.24, 2.45) is 0 Å². The molecule has 1 atom stereocenters. The molecular formula is C14H21NO2. The van der Waals surface area contributed by atoms with Crippen molar-refractivity contribution in [3.63, 3.8) is 0 Å². The van der Waals surface area contributed by atoms with E-state index in [2.05, 4.69) is 18.8 Å². The van der Waals surface area contributed by atoms with E-state index in [1.165, 1.54) is 0 Å². The summed E-state index contributed by atoms with van der Waals surface area (Å²) in [4.78, 5) is 0. The minimum atomic E-state index is 0.190. The molecule has 1 rings (SSSR count). The van der Waals surface area contributed by atoms with Gasteiger partial charge in [-0.15, -0.1) is 6.58 Å². The third kappa shape index (κ3) is 4.49. The zero-order chi connectivity index (χ0) is 12.7. The monoisotopic (exact) mass is 235 g/mol. The minimum absolute atomic E-state index is 0.190. The van der Waals surface area contributed by atoms with Gasteiger partial charge in [0.2, 0.25) is 0 Å². The summed E-state index contributed by atoms with van der Waals surface area (Å²) in [6, 6.07) is 5.83. The Kier molecular flexibility index (Phi) is 5.57. The van der Waals surface area contributed by atoms with Crippen molar-refractivity contribution in [2.75, 3.05) is 6.61 Å². The number of hydrogen-bond donors (Lipinski definition) is 2. The van der Waals surface area contributed by atoms with Gasteiger partial charge in [-0.05, 0) is 38.0 Å². The molecule has 0 aliphatic heterocycles. The number of aromatic hydroxyl groups is 1. The van der Waals surface area contributed by atoms with Crippen molar-refractivity contribution < 1.29 is 9.84 Å². The molecule has 0 fully saturated rings. The number of phenolic OH excluding ortho intramolecular Hbond substituents is 1. The maximum absolute atomic E-state index is 9.57. The quantitative estimate of drug-likeness (QED) is 0.714. The average molecular weight is 235 g/mol. The van der Waals surface area contributed by atoms with Gasteiger partial charge in [0, 0.05) is 12.6 Å². The van der Waals surface area contributed by atoms with Crippen LogP contribution in [0.4, 0.5) is 0 Å². The summed E-state index contributed by atoms with van der Waals surface area (Å²) in [5.41, 5.74) is 1.10. The van der Waals surface area contributed by atoms with E-state index >= 15 is 0 Å². The van der Waals surface area contributed by atoms with Gasteiger partial charge in [0.25, 0.3) is 0 Å². The summed E-state index contributed by atoms with van der Waals surface area (Å²) in [5.74, 6) is 0.734. The SMILES string of the molecule is C=CCC(C)NCc1ccc(O)c(OCC)c1. The molecular weight excluding hydrogens is 214 g/mol. The maximum atomic E-state index is 9.57. The van der Waals surface area contributed by atoms with E-state index in [9.17, 15) is 5.11 Å². The molecule has 0 radical (unpaired) electrons. The van der Waals surface area contributed by atoms with Crippen molar-refractivity contribution in [1.82, 2.24) is 5.32 Å². The van der Waals surface area contributed by atoms with Gasteiger partial charge in [-0.2, -0.15) is 0 Å². The van der Waals surface area contributed by atoms with Gasteiger partial charge >= 0.3 is 0 Å². The lowest BCUT2D eigenvalue weighted by Gasteiger charge is -2.13. The average Bonchev–Trinajstić information content (AvgIpc) is 2.31. The summed E-state index contributed by atoms with van der Waals surface area (Å²) < 4.78 is 5.34. The molecule has 0 spiro atoms. The van der Waals surface area contributed by atoms with Gasteiger partial charge in [-0.25, -0.2) is 0 Å². The summed E-state index contributed by atoms with van der Waals surface area (Å²) in [7, 11) is 0. The highest BCUT2D eigenvalue weighted by atomic mass is 16.5. The van der Waals surface area contributed by atoms with Gasteiger partial charge in [-0.3, -0.25) is 0 Å². The van der Waals surface area contributed by atoms with Crippen molar-refractivity contribution in [3.05, 3.63) is 36.4 Å². The molecule has 0 heterocycles. The Bertz CT molecular complexity index is 363. The van der Waals surface area contributed by atoms with Crippen LogP contribution in [0.1, 0.15) is 25.8 Å². The molecule has 0 aliphatic carbocycles. The Balaban J connectivity index is 2.59. The maximum Gasteiger partial charge on any atom is 0.161 e. The number of hydrogen-bond acceptors (Lipinski definition) is 3. The highest BCUT2D eigenvalue weighted by Gasteiger charge is 2.04. The van der Waals surface area contributed by atoms with Crippen molar-refractivity contribution in [1.29, 1.82) is 0 Å². The lowest BCUT2D eigenvalue weighted by atomic mass is 10.1. The molecule has 1 aromatic rings. The standard InChI is InChI=1S/C14H21NO2/c1-4-6-11(3)15-10-12-7-8-13(16)14(9-12)17-5-2/h4,7-9,11,15-16H,1,5-6,10H2,2-3H3. The summed E-state index contributed by atoms with van der Waals surface area (Å²) >= 11 is 0. The predicted octanol–water partition coefficient (Wildman–Crippen LogP) is 2.85. The van der Waals surface area contributed by atoms with Crippen LogP contribution in [0.3, 0.4) is 0 Å². The number of benzene rings is 1. The number of phenols is 1. The molecule has 94 valence electrons. The van der Waals surface area contributed by atoms with Crippen LogP contribution in [0.2, 0.25) is 0 Å². The first kappa shape index (κ1) is 13.6. The third-order valence-corrected chi connectivity index (χ3v) is 2.50. The van der Waals surface area contributed by atoms with Crippen LogP contribution in [0.25, 0.3) is 0 Å². The Morgan fingerprint density at radius 1 is 1.53 bits per heavy atom. The zero-order valence-corrected chi connectivity index (χ0v) is 10.6. The molecule has 0 bridgehead atoms. The number of nitrogens with one attached hydrogen (secondary N) is 1. The van der Waals surface area contributed by atoms with Crippen LogP contribution >= 0.6 is 0 Å². The molecule has 1 unspecified atom stereocenters.